The minimum atomic E-state index is -0.841. The highest BCUT2D eigenvalue weighted by Crippen LogP contribution is 2.52. The number of aliphatic carboxylic acids is 1. The van der Waals surface area contributed by atoms with Crippen LogP contribution >= 0.6 is 0 Å². The molecule has 1 aliphatic carbocycles. The van der Waals surface area contributed by atoms with Crippen molar-refractivity contribution in [2.45, 2.75) is 18.3 Å². The van der Waals surface area contributed by atoms with Gasteiger partial charge in [-0.25, -0.2) is 4.79 Å². The van der Waals surface area contributed by atoms with Crippen molar-refractivity contribution >= 4 is 17.0 Å². The smallest absolute Gasteiger partial charge is 0.326 e. The van der Waals surface area contributed by atoms with Gasteiger partial charge in [-0.1, -0.05) is 12.1 Å². The number of nitrogens with one attached hydrogen (secondary N) is 1. The van der Waals surface area contributed by atoms with Crippen LogP contribution in [0, 0.1) is 0 Å². The molecular weight excluding hydrogens is 320 g/mol. The molecule has 128 valence electrons. The van der Waals surface area contributed by atoms with Crippen molar-refractivity contribution in [1.29, 1.82) is 0 Å². The van der Waals surface area contributed by atoms with E-state index in [1.807, 2.05) is 36.4 Å². The first-order valence-electron chi connectivity index (χ1n) is 8.07. The number of hydrogen-bond donors (Lipinski definition) is 2. The Morgan fingerprint density at radius 1 is 1.20 bits per heavy atom. The van der Waals surface area contributed by atoms with Crippen LogP contribution < -0.4 is 10.4 Å². The van der Waals surface area contributed by atoms with E-state index in [1.165, 1.54) is 0 Å². The number of ether oxygens (including phenoxy) is 1. The van der Waals surface area contributed by atoms with Crippen molar-refractivity contribution in [2.24, 2.45) is 7.05 Å². The summed E-state index contributed by atoms with van der Waals surface area (Å²) in [5.41, 5.74) is 3.11. The Morgan fingerprint density at radius 2 is 1.88 bits per heavy atom. The van der Waals surface area contributed by atoms with E-state index in [9.17, 15) is 14.7 Å². The monoisotopic (exact) mass is 338 g/mol. The highest BCUT2D eigenvalue weighted by atomic mass is 16.5. The number of carboxylic acid groups (broad SMARTS) is 1. The van der Waals surface area contributed by atoms with Gasteiger partial charge in [-0.3, -0.25) is 9.36 Å². The Balaban J connectivity index is 1.88. The van der Waals surface area contributed by atoms with Crippen LogP contribution in [-0.4, -0.2) is 27.7 Å². The number of carbonyl (C=O) groups is 1. The van der Waals surface area contributed by atoms with Gasteiger partial charge < -0.3 is 14.8 Å². The molecule has 0 atom stereocenters. The van der Waals surface area contributed by atoms with E-state index in [0.717, 1.165) is 22.2 Å². The zero-order valence-corrected chi connectivity index (χ0v) is 14.0. The third-order valence-corrected chi connectivity index (χ3v) is 5.11. The number of aromatic amines is 1. The summed E-state index contributed by atoms with van der Waals surface area (Å²) in [6.45, 7) is 0. The predicted octanol–water partition coefficient (Wildman–Crippen LogP) is 2.66. The molecule has 6 heteroatoms. The average Bonchev–Trinajstić information content (AvgIpc) is 3.38. The van der Waals surface area contributed by atoms with Crippen LogP contribution in [0.4, 0.5) is 0 Å². The summed E-state index contributed by atoms with van der Waals surface area (Å²) in [6.07, 6.45) is 1.24. The average molecular weight is 338 g/mol. The molecule has 1 fully saturated rings. The number of rotatable bonds is 4. The van der Waals surface area contributed by atoms with E-state index in [0.29, 0.717) is 24.2 Å². The van der Waals surface area contributed by atoms with Gasteiger partial charge in [-0.05, 0) is 48.2 Å². The largest absolute Gasteiger partial charge is 0.496 e. The molecule has 0 radical (unpaired) electrons. The molecule has 2 aromatic carbocycles. The molecule has 6 nitrogen and oxygen atoms in total. The van der Waals surface area contributed by atoms with Crippen LogP contribution in [0.25, 0.3) is 22.2 Å². The predicted molar refractivity (Wildman–Crippen MR) is 94.1 cm³/mol. The molecule has 0 unspecified atom stereocenters. The van der Waals surface area contributed by atoms with Crippen molar-refractivity contribution in [3.05, 3.63) is 52.4 Å². The van der Waals surface area contributed by atoms with E-state index >= 15 is 0 Å². The standard InChI is InChI=1S/C19H18N2O4/c1-21-15-10-12(3-5-14(15)20-18(21)24)11-4-6-16(25-2)13(9-11)19(7-8-19)17(22)23/h3-6,9-10H,7-8H2,1-2H3,(H,20,24)(H,22,23). The molecule has 4 rings (SSSR count). The van der Waals surface area contributed by atoms with E-state index < -0.39 is 11.4 Å². The second kappa shape index (κ2) is 5.24. The molecular formula is C19H18N2O4. The summed E-state index contributed by atoms with van der Waals surface area (Å²) in [6, 6.07) is 11.3. The molecule has 1 aromatic heterocycles. The zero-order chi connectivity index (χ0) is 17.8. The van der Waals surface area contributed by atoms with E-state index in [-0.39, 0.29) is 5.69 Å². The number of carboxylic acids is 1. The number of methoxy groups -OCH3 is 1. The SMILES string of the molecule is COc1ccc(-c2ccc3[nH]c(=O)n(C)c3c2)cc1C1(C(=O)O)CC1. The fraction of sp³-hybridized carbons (Fsp3) is 0.263. The molecule has 0 saturated heterocycles. The maximum Gasteiger partial charge on any atom is 0.326 e. The summed E-state index contributed by atoms with van der Waals surface area (Å²) in [5.74, 6) is -0.217. The summed E-state index contributed by atoms with van der Waals surface area (Å²) in [4.78, 5) is 26.3. The van der Waals surface area contributed by atoms with Crippen molar-refractivity contribution in [2.75, 3.05) is 7.11 Å². The van der Waals surface area contributed by atoms with E-state index in [1.54, 1.807) is 18.7 Å². The first kappa shape index (κ1) is 15.5. The fourth-order valence-corrected chi connectivity index (χ4v) is 3.39. The lowest BCUT2D eigenvalue weighted by atomic mass is 9.91. The first-order valence-corrected chi connectivity index (χ1v) is 8.07. The van der Waals surface area contributed by atoms with Gasteiger partial charge in [0.25, 0.3) is 0 Å². The third-order valence-electron chi connectivity index (χ3n) is 5.11. The van der Waals surface area contributed by atoms with Crippen LogP contribution in [0.1, 0.15) is 18.4 Å². The molecule has 25 heavy (non-hydrogen) atoms. The number of fused-ring (bicyclic) bond motifs is 1. The normalized spacial score (nSPS) is 15.3. The highest BCUT2D eigenvalue weighted by Gasteiger charge is 2.53. The molecule has 0 spiro atoms. The summed E-state index contributed by atoms with van der Waals surface area (Å²) < 4.78 is 6.95. The number of aryl methyl sites for hydroxylation is 1. The Bertz CT molecular complexity index is 1060. The zero-order valence-electron chi connectivity index (χ0n) is 14.0. The van der Waals surface area contributed by atoms with Gasteiger partial charge in [0, 0.05) is 12.6 Å². The lowest BCUT2D eigenvalue weighted by molar-refractivity contribution is -0.140. The van der Waals surface area contributed by atoms with Crippen LogP contribution in [0.15, 0.2) is 41.2 Å². The lowest BCUT2D eigenvalue weighted by Gasteiger charge is -2.16. The number of aromatic nitrogens is 2. The van der Waals surface area contributed by atoms with Crippen LogP contribution in [0.2, 0.25) is 0 Å². The molecule has 1 heterocycles. The minimum Gasteiger partial charge on any atom is -0.496 e. The maximum atomic E-state index is 11.8. The molecule has 0 aliphatic heterocycles. The number of hydrogen-bond acceptors (Lipinski definition) is 3. The van der Waals surface area contributed by atoms with Crippen molar-refractivity contribution in [1.82, 2.24) is 9.55 Å². The van der Waals surface area contributed by atoms with Gasteiger partial charge in [0.1, 0.15) is 5.75 Å². The van der Waals surface area contributed by atoms with Gasteiger partial charge in [0.2, 0.25) is 0 Å². The maximum absolute atomic E-state index is 11.8. The van der Waals surface area contributed by atoms with Crippen molar-refractivity contribution in [3.8, 4) is 16.9 Å². The molecule has 3 aromatic rings. The lowest BCUT2D eigenvalue weighted by Crippen LogP contribution is -2.20. The summed E-state index contributed by atoms with van der Waals surface area (Å²) in [7, 11) is 3.27. The van der Waals surface area contributed by atoms with Crippen LogP contribution in [-0.2, 0) is 17.3 Å². The Morgan fingerprint density at radius 3 is 2.52 bits per heavy atom. The van der Waals surface area contributed by atoms with Gasteiger partial charge in [-0.15, -0.1) is 0 Å². The Kier molecular flexibility index (Phi) is 3.25. The molecule has 0 amide bonds. The summed E-state index contributed by atoms with van der Waals surface area (Å²) >= 11 is 0. The van der Waals surface area contributed by atoms with Gasteiger partial charge in [0.15, 0.2) is 0 Å². The van der Waals surface area contributed by atoms with Crippen LogP contribution in [0.5, 0.6) is 5.75 Å². The number of nitrogens with zero attached hydrogens (tertiary/aromatic N) is 1. The molecule has 0 bridgehead atoms. The Hall–Kier alpha value is -3.02. The number of H-pyrrole nitrogens is 1. The van der Waals surface area contributed by atoms with Gasteiger partial charge in [-0.2, -0.15) is 0 Å². The number of benzene rings is 2. The minimum absolute atomic E-state index is 0.162. The highest BCUT2D eigenvalue weighted by molar-refractivity contribution is 5.88. The van der Waals surface area contributed by atoms with Crippen LogP contribution in [0.3, 0.4) is 0 Å². The fourth-order valence-electron chi connectivity index (χ4n) is 3.39. The first-order chi connectivity index (χ1) is 12.0. The molecule has 1 aliphatic rings. The molecule has 1 saturated carbocycles. The van der Waals surface area contributed by atoms with E-state index in [2.05, 4.69) is 4.98 Å². The van der Waals surface area contributed by atoms with Crippen molar-refractivity contribution < 1.29 is 14.6 Å². The third kappa shape index (κ3) is 2.25. The van der Waals surface area contributed by atoms with Gasteiger partial charge in [0.05, 0.1) is 23.6 Å². The Labute approximate surface area is 143 Å². The van der Waals surface area contributed by atoms with Crippen molar-refractivity contribution in [3.63, 3.8) is 0 Å². The number of imidazole rings is 1. The second-order valence-corrected chi connectivity index (χ2v) is 6.52. The van der Waals surface area contributed by atoms with E-state index in [4.69, 9.17) is 4.74 Å². The quantitative estimate of drug-likeness (QED) is 0.766. The second-order valence-electron chi connectivity index (χ2n) is 6.52. The summed E-state index contributed by atoms with van der Waals surface area (Å²) in [5, 5.41) is 9.62. The molecule has 2 N–H and O–H groups in total. The topological polar surface area (TPSA) is 84.3 Å². The van der Waals surface area contributed by atoms with Gasteiger partial charge >= 0.3 is 11.7 Å².